The Morgan fingerprint density at radius 2 is 1.62 bits per heavy atom. The zero-order chi connectivity index (χ0) is 22.9. The predicted molar refractivity (Wildman–Crippen MR) is 123 cm³/mol. The number of Topliss-reactive ketones (excluding diaryl/α,β-unsaturated/α-hetero) is 1. The summed E-state index contributed by atoms with van der Waals surface area (Å²) in [7, 11) is 0. The molecule has 2 fully saturated rings. The molecule has 2 saturated heterocycles. The van der Waals surface area contributed by atoms with Gasteiger partial charge < -0.3 is 19.4 Å². The maximum Gasteiger partial charge on any atom is 0.410 e. The van der Waals surface area contributed by atoms with Crippen molar-refractivity contribution in [1.82, 2.24) is 9.80 Å². The van der Waals surface area contributed by atoms with Gasteiger partial charge in [0.2, 0.25) is 5.91 Å². The minimum Gasteiger partial charge on any atom is -0.444 e. The van der Waals surface area contributed by atoms with Gasteiger partial charge in [0.05, 0.1) is 5.69 Å². The lowest BCUT2D eigenvalue weighted by Gasteiger charge is -2.26. The van der Waals surface area contributed by atoms with Crippen LogP contribution in [0.25, 0.3) is 0 Å². The van der Waals surface area contributed by atoms with Crippen molar-refractivity contribution >= 4 is 23.5 Å². The molecule has 0 N–H and O–H groups in total. The molecule has 0 bridgehead atoms. The third-order valence-corrected chi connectivity index (χ3v) is 6.68. The highest BCUT2D eigenvalue weighted by atomic mass is 16.6. The van der Waals surface area contributed by atoms with Crippen LogP contribution in [-0.2, 0) is 9.53 Å². The van der Waals surface area contributed by atoms with Crippen LogP contribution in [0.2, 0.25) is 0 Å². The van der Waals surface area contributed by atoms with Gasteiger partial charge in [-0.3, -0.25) is 9.59 Å². The van der Waals surface area contributed by atoms with E-state index in [1.165, 1.54) is 0 Å². The van der Waals surface area contributed by atoms with Gasteiger partial charge in [0.1, 0.15) is 5.60 Å². The first-order valence-electron chi connectivity index (χ1n) is 11.8. The second kappa shape index (κ2) is 9.22. The van der Waals surface area contributed by atoms with E-state index in [4.69, 9.17) is 4.74 Å². The maximum atomic E-state index is 12.6. The van der Waals surface area contributed by atoms with Crippen molar-refractivity contribution in [2.24, 2.45) is 11.8 Å². The molecule has 0 aliphatic carbocycles. The number of amides is 2. The molecular formula is C25H35N3O4. The molecule has 0 aromatic heterocycles. The Balaban J connectivity index is 1.22. The van der Waals surface area contributed by atoms with Crippen LogP contribution >= 0.6 is 0 Å². The van der Waals surface area contributed by atoms with Gasteiger partial charge in [-0.1, -0.05) is 12.1 Å². The Bertz CT molecular complexity index is 864. The second-order valence-electron chi connectivity index (χ2n) is 10.4. The molecule has 4 rings (SSSR count). The molecule has 0 radical (unpaired) electrons. The number of hydrogen-bond donors (Lipinski definition) is 0. The van der Waals surface area contributed by atoms with Gasteiger partial charge in [0.25, 0.3) is 0 Å². The highest BCUT2D eigenvalue weighted by Gasteiger charge is 2.42. The van der Waals surface area contributed by atoms with E-state index in [-0.39, 0.29) is 24.2 Å². The molecule has 0 spiro atoms. The van der Waals surface area contributed by atoms with Crippen LogP contribution < -0.4 is 4.90 Å². The van der Waals surface area contributed by atoms with Crippen molar-refractivity contribution in [3.05, 3.63) is 29.8 Å². The molecule has 1 aromatic carbocycles. The fraction of sp³-hybridized carbons (Fsp3) is 0.640. The predicted octanol–water partition coefficient (Wildman–Crippen LogP) is 3.58. The first-order valence-corrected chi connectivity index (χ1v) is 11.8. The zero-order valence-electron chi connectivity index (χ0n) is 19.5. The van der Waals surface area contributed by atoms with E-state index >= 15 is 0 Å². The Morgan fingerprint density at radius 3 is 2.31 bits per heavy atom. The minimum atomic E-state index is -0.455. The number of rotatable bonds is 5. The summed E-state index contributed by atoms with van der Waals surface area (Å²) in [4.78, 5) is 43.4. The number of nitrogens with zero attached hydrogens (tertiary/aromatic N) is 3. The van der Waals surface area contributed by atoms with Crippen molar-refractivity contribution in [3.63, 3.8) is 0 Å². The molecule has 32 heavy (non-hydrogen) atoms. The Morgan fingerprint density at radius 1 is 0.969 bits per heavy atom. The average molecular weight is 442 g/mol. The van der Waals surface area contributed by atoms with Crippen molar-refractivity contribution in [3.8, 4) is 0 Å². The number of para-hydroxylation sites is 1. The fourth-order valence-electron chi connectivity index (χ4n) is 5.17. The van der Waals surface area contributed by atoms with E-state index < -0.39 is 5.60 Å². The molecule has 3 aliphatic rings. The lowest BCUT2D eigenvalue weighted by atomic mass is 10.0. The van der Waals surface area contributed by atoms with Crippen molar-refractivity contribution in [2.75, 3.05) is 44.2 Å². The Kier molecular flexibility index (Phi) is 6.56. The zero-order valence-corrected chi connectivity index (χ0v) is 19.5. The number of hydrogen-bond acceptors (Lipinski definition) is 5. The molecule has 3 heterocycles. The van der Waals surface area contributed by atoms with Gasteiger partial charge in [0.15, 0.2) is 5.78 Å². The third-order valence-electron chi connectivity index (χ3n) is 6.68. The van der Waals surface area contributed by atoms with Crippen LogP contribution in [0.5, 0.6) is 0 Å². The standard InChI is InChI=1S/C25H35N3O4/c1-25(2,3)32-24(31)27-16-18-14-26(15-19(18)17-27)12-6-7-13-28-21-9-5-4-8-20(21)22(29)10-11-23(28)30/h4-5,8-9,18-19H,6-7,10-17H2,1-3H3. The smallest absolute Gasteiger partial charge is 0.410 e. The van der Waals surface area contributed by atoms with E-state index in [0.717, 1.165) is 51.3 Å². The summed E-state index contributed by atoms with van der Waals surface area (Å²) in [6.07, 6.45) is 2.30. The molecule has 2 unspecified atom stereocenters. The van der Waals surface area contributed by atoms with Crippen LogP contribution in [-0.4, -0.2) is 72.5 Å². The Hall–Kier alpha value is -2.41. The maximum absolute atomic E-state index is 12.6. The first kappa shape index (κ1) is 22.8. The van der Waals surface area contributed by atoms with Crippen molar-refractivity contribution < 1.29 is 19.1 Å². The van der Waals surface area contributed by atoms with Gasteiger partial charge in [-0.15, -0.1) is 0 Å². The topological polar surface area (TPSA) is 70.2 Å². The van der Waals surface area contributed by atoms with Crippen LogP contribution in [0.15, 0.2) is 24.3 Å². The number of carbonyl (C=O) groups is 3. The summed E-state index contributed by atoms with van der Waals surface area (Å²) in [5, 5.41) is 0. The summed E-state index contributed by atoms with van der Waals surface area (Å²) in [5.74, 6) is 1.14. The largest absolute Gasteiger partial charge is 0.444 e. The molecule has 2 amide bonds. The van der Waals surface area contributed by atoms with E-state index in [2.05, 4.69) is 4.90 Å². The molecule has 7 nitrogen and oxygen atoms in total. The van der Waals surface area contributed by atoms with Gasteiger partial charge in [-0.25, -0.2) is 4.79 Å². The molecule has 174 valence electrons. The van der Waals surface area contributed by atoms with E-state index in [1.807, 2.05) is 49.9 Å². The normalized spacial score (nSPS) is 23.8. The van der Waals surface area contributed by atoms with Gasteiger partial charge in [-0.2, -0.15) is 0 Å². The number of ether oxygens (including phenoxy) is 1. The molecule has 0 saturated carbocycles. The fourth-order valence-corrected chi connectivity index (χ4v) is 5.17. The van der Waals surface area contributed by atoms with E-state index in [0.29, 0.717) is 30.4 Å². The summed E-state index contributed by atoms with van der Waals surface area (Å²) in [5.41, 5.74) is 0.974. The highest BCUT2D eigenvalue weighted by molar-refractivity contribution is 6.10. The SMILES string of the molecule is CC(C)(C)OC(=O)N1CC2CN(CCCCN3C(=O)CCC(=O)c4ccccc43)CC2C1. The lowest BCUT2D eigenvalue weighted by molar-refractivity contribution is -0.118. The van der Waals surface area contributed by atoms with Crippen LogP contribution in [0.4, 0.5) is 10.5 Å². The molecule has 3 aliphatic heterocycles. The van der Waals surface area contributed by atoms with Crippen LogP contribution in [0, 0.1) is 11.8 Å². The number of carbonyl (C=O) groups excluding carboxylic acids is 3. The quantitative estimate of drug-likeness (QED) is 0.654. The van der Waals surface area contributed by atoms with Crippen molar-refractivity contribution in [2.45, 2.75) is 52.1 Å². The summed E-state index contributed by atoms with van der Waals surface area (Å²) in [6, 6.07) is 7.46. The molecule has 7 heteroatoms. The van der Waals surface area contributed by atoms with Crippen molar-refractivity contribution in [1.29, 1.82) is 0 Å². The number of fused-ring (bicyclic) bond motifs is 2. The summed E-state index contributed by atoms with van der Waals surface area (Å²) >= 11 is 0. The second-order valence-corrected chi connectivity index (χ2v) is 10.4. The summed E-state index contributed by atoms with van der Waals surface area (Å²) < 4.78 is 5.52. The molecule has 2 atom stereocenters. The number of unbranched alkanes of at least 4 members (excludes halogenated alkanes) is 1. The summed E-state index contributed by atoms with van der Waals surface area (Å²) in [6.45, 7) is 11.0. The van der Waals surface area contributed by atoms with Crippen LogP contribution in [0.3, 0.4) is 0 Å². The average Bonchev–Trinajstić information content (AvgIpc) is 3.26. The monoisotopic (exact) mass is 441 g/mol. The van der Waals surface area contributed by atoms with Gasteiger partial charge >= 0.3 is 6.09 Å². The third kappa shape index (κ3) is 5.14. The van der Waals surface area contributed by atoms with E-state index in [9.17, 15) is 14.4 Å². The lowest BCUT2D eigenvalue weighted by Crippen LogP contribution is -2.37. The molecule has 1 aromatic rings. The van der Waals surface area contributed by atoms with Gasteiger partial charge in [0, 0.05) is 51.1 Å². The van der Waals surface area contributed by atoms with E-state index in [1.54, 1.807) is 4.90 Å². The Labute approximate surface area is 190 Å². The number of anilines is 1. The van der Waals surface area contributed by atoms with Crippen LogP contribution in [0.1, 0.15) is 56.8 Å². The number of likely N-dealkylation sites (tertiary alicyclic amines) is 2. The number of benzene rings is 1. The number of ketones is 1. The highest BCUT2D eigenvalue weighted by Crippen LogP contribution is 2.32. The van der Waals surface area contributed by atoms with Gasteiger partial charge in [-0.05, 0) is 64.1 Å². The molecular weight excluding hydrogens is 406 g/mol. The first-order chi connectivity index (χ1) is 15.2. The minimum absolute atomic E-state index is 0.0428.